The number of hydrogen-bond donors (Lipinski definition) is 0. The van der Waals surface area contributed by atoms with E-state index in [0.717, 1.165) is 25.7 Å². The first-order chi connectivity index (χ1) is 10.5. The summed E-state index contributed by atoms with van der Waals surface area (Å²) in [5.41, 5.74) is -0.785. The van der Waals surface area contributed by atoms with Gasteiger partial charge in [0.1, 0.15) is 0 Å². The van der Waals surface area contributed by atoms with Gasteiger partial charge >= 0.3 is 7.60 Å². The second-order valence-corrected chi connectivity index (χ2v) is 10.0. The summed E-state index contributed by atoms with van der Waals surface area (Å²) in [6, 6.07) is 0. The molecule has 0 aromatic heterocycles. The van der Waals surface area contributed by atoms with Gasteiger partial charge in [-0.1, -0.05) is 65.2 Å². The Kier molecular flexibility index (Phi) is 11.0. The highest BCUT2D eigenvalue weighted by Crippen LogP contribution is 2.52. The first-order valence-corrected chi connectivity index (χ1v) is 11.5. The van der Waals surface area contributed by atoms with Crippen LogP contribution < -0.4 is 0 Å². The van der Waals surface area contributed by atoms with Gasteiger partial charge in [0, 0.05) is 6.66 Å². The van der Waals surface area contributed by atoms with Crippen molar-refractivity contribution in [1.82, 2.24) is 0 Å². The minimum atomic E-state index is -3.05. The van der Waals surface area contributed by atoms with Gasteiger partial charge in [-0.2, -0.15) is 0 Å². The van der Waals surface area contributed by atoms with Gasteiger partial charge in [-0.15, -0.1) is 0 Å². The minimum absolute atomic E-state index is 0.393. The zero-order valence-electron chi connectivity index (χ0n) is 16.7. The molecule has 0 amide bonds. The molecule has 0 N–H and O–H groups in total. The lowest BCUT2D eigenvalue weighted by Crippen LogP contribution is -2.28. The molecule has 4 heteroatoms. The summed E-state index contributed by atoms with van der Waals surface area (Å²) < 4.78 is 24.6. The third kappa shape index (κ3) is 13.2. The molecule has 0 saturated heterocycles. The summed E-state index contributed by atoms with van der Waals surface area (Å²) >= 11 is 0. The summed E-state index contributed by atoms with van der Waals surface area (Å²) in [4.78, 5) is 0. The molecule has 0 aliphatic heterocycles. The van der Waals surface area contributed by atoms with Crippen LogP contribution >= 0.6 is 7.60 Å². The van der Waals surface area contributed by atoms with E-state index in [1.807, 2.05) is 27.7 Å². The Balaban J connectivity index is 4.34. The molecule has 0 heterocycles. The molecular weight excluding hydrogens is 307 g/mol. The van der Waals surface area contributed by atoms with Crippen molar-refractivity contribution < 1.29 is 13.6 Å². The van der Waals surface area contributed by atoms with Crippen LogP contribution in [-0.4, -0.2) is 17.9 Å². The second-order valence-electron chi connectivity index (χ2n) is 8.09. The van der Waals surface area contributed by atoms with E-state index in [-0.39, 0.29) is 0 Å². The van der Waals surface area contributed by atoms with Gasteiger partial charge in [0.15, 0.2) is 0 Å². The summed E-state index contributed by atoms with van der Waals surface area (Å²) in [6.45, 7) is 14.1. The van der Waals surface area contributed by atoms with Gasteiger partial charge in [-0.05, 0) is 40.5 Å². The molecule has 3 nitrogen and oxygen atoms in total. The Labute approximate surface area is 145 Å². The molecule has 0 saturated carbocycles. The van der Waals surface area contributed by atoms with Crippen molar-refractivity contribution in [2.75, 3.05) is 6.66 Å². The topological polar surface area (TPSA) is 35.5 Å². The summed E-state index contributed by atoms with van der Waals surface area (Å²) in [7, 11) is -3.05. The molecule has 0 fully saturated rings. The highest BCUT2D eigenvalue weighted by atomic mass is 31.2. The van der Waals surface area contributed by atoms with Gasteiger partial charge in [-0.3, -0.25) is 4.57 Å². The molecule has 0 radical (unpaired) electrons. The van der Waals surface area contributed by atoms with Crippen LogP contribution in [-0.2, 0) is 13.6 Å². The third-order valence-electron chi connectivity index (χ3n) is 4.09. The van der Waals surface area contributed by atoms with Crippen LogP contribution in [0.25, 0.3) is 0 Å². The van der Waals surface area contributed by atoms with E-state index in [2.05, 4.69) is 13.8 Å². The monoisotopic (exact) mass is 348 g/mol. The average Bonchev–Trinajstić information content (AvgIpc) is 2.37. The van der Waals surface area contributed by atoms with E-state index in [1.54, 1.807) is 6.66 Å². The zero-order chi connectivity index (χ0) is 18.0. The average molecular weight is 349 g/mol. The normalized spacial score (nSPS) is 13.5. The summed E-state index contributed by atoms with van der Waals surface area (Å²) in [6.07, 6.45) is 11.4. The highest BCUT2D eigenvalue weighted by Gasteiger charge is 2.34. The summed E-state index contributed by atoms with van der Waals surface area (Å²) in [5.74, 6) is 0. The maximum absolute atomic E-state index is 12.8. The Morgan fingerprint density at radius 3 is 1.35 bits per heavy atom. The van der Waals surface area contributed by atoms with Crippen LogP contribution in [0.1, 0.15) is 106 Å². The van der Waals surface area contributed by atoms with Gasteiger partial charge in [-0.25, -0.2) is 0 Å². The van der Waals surface area contributed by atoms with Gasteiger partial charge in [0.05, 0.1) is 11.2 Å². The predicted octanol–water partition coefficient (Wildman–Crippen LogP) is 7.34. The van der Waals surface area contributed by atoms with Crippen LogP contribution in [0.15, 0.2) is 0 Å². The SMILES string of the molecule is CCCCCCC(C)(C)OP(C)(=O)OC(C)(C)CCCCCC. The Hall–Kier alpha value is 0.150. The number of rotatable bonds is 14. The lowest BCUT2D eigenvalue weighted by molar-refractivity contribution is 0.0247. The molecule has 0 aromatic rings. The number of unbranched alkanes of at least 4 members (excludes halogenated alkanes) is 6. The van der Waals surface area contributed by atoms with Gasteiger partial charge < -0.3 is 9.05 Å². The van der Waals surface area contributed by atoms with Crippen molar-refractivity contribution in [3.05, 3.63) is 0 Å². The molecule has 23 heavy (non-hydrogen) atoms. The van der Waals surface area contributed by atoms with E-state index in [1.165, 1.54) is 38.5 Å². The number of hydrogen-bond acceptors (Lipinski definition) is 3. The molecule has 0 aliphatic carbocycles. The van der Waals surface area contributed by atoms with Crippen molar-refractivity contribution >= 4 is 7.60 Å². The van der Waals surface area contributed by atoms with Crippen LogP contribution in [0.2, 0.25) is 0 Å². The third-order valence-corrected chi connectivity index (χ3v) is 5.74. The molecule has 0 bridgehead atoms. The Morgan fingerprint density at radius 1 is 0.696 bits per heavy atom. The highest BCUT2D eigenvalue weighted by molar-refractivity contribution is 7.53. The maximum Gasteiger partial charge on any atom is 0.328 e. The van der Waals surface area contributed by atoms with Gasteiger partial charge in [0.2, 0.25) is 0 Å². The van der Waals surface area contributed by atoms with Crippen molar-refractivity contribution in [2.24, 2.45) is 0 Å². The first-order valence-electron chi connectivity index (χ1n) is 9.52. The molecule has 140 valence electrons. The van der Waals surface area contributed by atoms with Crippen LogP contribution in [0.4, 0.5) is 0 Å². The quantitative estimate of drug-likeness (QED) is 0.243. The first kappa shape index (κ1) is 23.1. The lowest BCUT2D eigenvalue weighted by Gasteiger charge is -2.34. The molecule has 0 spiro atoms. The summed E-state index contributed by atoms with van der Waals surface area (Å²) in [5, 5.41) is 0. The maximum atomic E-state index is 12.8. The van der Waals surface area contributed by atoms with Crippen LogP contribution in [0, 0.1) is 0 Å². The van der Waals surface area contributed by atoms with E-state index < -0.39 is 18.8 Å². The Bertz CT molecular complexity index is 321. The molecule has 0 atom stereocenters. The minimum Gasteiger partial charge on any atom is -0.303 e. The van der Waals surface area contributed by atoms with E-state index in [9.17, 15) is 4.57 Å². The van der Waals surface area contributed by atoms with Crippen molar-refractivity contribution in [3.8, 4) is 0 Å². The second kappa shape index (κ2) is 10.9. The van der Waals surface area contributed by atoms with Crippen molar-refractivity contribution in [1.29, 1.82) is 0 Å². The smallest absolute Gasteiger partial charge is 0.303 e. The lowest BCUT2D eigenvalue weighted by atomic mass is 10.0. The van der Waals surface area contributed by atoms with Gasteiger partial charge in [0.25, 0.3) is 0 Å². The standard InChI is InChI=1S/C19H41O3P/c1-8-10-12-14-16-18(3,4)21-23(7,20)22-19(5,6)17-15-13-11-9-2/h8-17H2,1-7H3. The predicted molar refractivity (Wildman–Crippen MR) is 101 cm³/mol. The van der Waals surface area contributed by atoms with E-state index in [4.69, 9.17) is 9.05 Å². The van der Waals surface area contributed by atoms with Crippen molar-refractivity contribution in [2.45, 2.75) is 117 Å². The zero-order valence-corrected chi connectivity index (χ0v) is 17.6. The fraction of sp³-hybridized carbons (Fsp3) is 1.00. The molecule has 0 rings (SSSR count). The molecular formula is C19H41O3P. The largest absolute Gasteiger partial charge is 0.328 e. The van der Waals surface area contributed by atoms with Crippen molar-refractivity contribution in [3.63, 3.8) is 0 Å². The molecule has 0 aliphatic rings. The molecule has 0 aromatic carbocycles. The van der Waals surface area contributed by atoms with E-state index in [0.29, 0.717) is 0 Å². The fourth-order valence-corrected chi connectivity index (χ4v) is 4.98. The Morgan fingerprint density at radius 2 is 1.04 bits per heavy atom. The fourth-order valence-electron chi connectivity index (χ4n) is 2.96. The van der Waals surface area contributed by atoms with Crippen LogP contribution in [0.5, 0.6) is 0 Å². The van der Waals surface area contributed by atoms with Crippen LogP contribution in [0.3, 0.4) is 0 Å². The van der Waals surface area contributed by atoms with E-state index >= 15 is 0 Å². The molecule has 0 unspecified atom stereocenters.